The van der Waals surface area contributed by atoms with Crippen LogP contribution in [0.3, 0.4) is 0 Å². The Morgan fingerprint density at radius 1 is 1.18 bits per heavy atom. The number of amides is 2. The first-order valence-electron chi connectivity index (χ1n) is 8.00. The van der Waals surface area contributed by atoms with Gasteiger partial charge in [0.2, 0.25) is 5.91 Å². The smallest absolute Gasteiger partial charge is 0.261 e. The molecule has 3 aromatic rings. The van der Waals surface area contributed by atoms with E-state index in [1.165, 1.54) is 25.4 Å². The zero-order valence-corrected chi connectivity index (χ0v) is 18.0. The van der Waals surface area contributed by atoms with Gasteiger partial charge in [0.15, 0.2) is 10.2 Å². The summed E-state index contributed by atoms with van der Waals surface area (Å²) in [6.45, 7) is 1.45. The molecule has 0 aliphatic rings. The number of thiazole rings is 1. The van der Waals surface area contributed by atoms with Gasteiger partial charge in [-0.2, -0.15) is 0 Å². The van der Waals surface area contributed by atoms with Crippen molar-refractivity contribution in [3.05, 3.63) is 46.4 Å². The molecule has 10 heteroatoms. The fourth-order valence-electron chi connectivity index (χ4n) is 2.42. The summed E-state index contributed by atoms with van der Waals surface area (Å²) in [7, 11) is 1.49. The van der Waals surface area contributed by atoms with Gasteiger partial charge >= 0.3 is 0 Å². The Kier molecular flexibility index (Phi) is 6.22. The third-order valence-electron chi connectivity index (χ3n) is 3.56. The average molecular weight is 479 g/mol. The minimum Gasteiger partial charge on any atom is -0.496 e. The molecule has 28 heavy (non-hydrogen) atoms. The summed E-state index contributed by atoms with van der Waals surface area (Å²) in [5.41, 5.74) is 1.79. The fourth-order valence-corrected chi connectivity index (χ4v) is 3.94. The van der Waals surface area contributed by atoms with Crippen LogP contribution in [0.5, 0.6) is 5.75 Å². The molecule has 0 bridgehead atoms. The van der Waals surface area contributed by atoms with Crippen molar-refractivity contribution >= 4 is 77.4 Å². The Morgan fingerprint density at radius 3 is 2.68 bits per heavy atom. The number of benzene rings is 2. The summed E-state index contributed by atoms with van der Waals surface area (Å²) in [6.07, 6.45) is 0. The van der Waals surface area contributed by atoms with E-state index < -0.39 is 5.91 Å². The SMILES string of the molecule is COc1ccc(Br)cc1C(=O)NC(=S)Nc1nc2ccc(NC(C)=O)cc2s1. The lowest BCUT2D eigenvalue weighted by Gasteiger charge is -2.10. The number of ether oxygens (including phenoxy) is 1. The lowest BCUT2D eigenvalue weighted by Crippen LogP contribution is -2.34. The number of hydrogen-bond donors (Lipinski definition) is 3. The van der Waals surface area contributed by atoms with Crippen molar-refractivity contribution in [3.63, 3.8) is 0 Å². The number of carbonyl (C=O) groups is 2. The van der Waals surface area contributed by atoms with E-state index >= 15 is 0 Å². The molecule has 2 amide bonds. The van der Waals surface area contributed by atoms with Crippen molar-refractivity contribution in [2.75, 3.05) is 17.7 Å². The highest BCUT2D eigenvalue weighted by molar-refractivity contribution is 9.10. The zero-order valence-electron chi connectivity index (χ0n) is 14.8. The number of halogens is 1. The lowest BCUT2D eigenvalue weighted by atomic mass is 10.2. The largest absolute Gasteiger partial charge is 0.496 e. The number of fused-ring (bicyclic) bond motifs is 1. The molecule has 2 aromatic carbocycles. The first kappa shape index (κ1) is 20.2. The molecule has 0 unspecified atom stereocenters. The number of rotatable bonds is 4. The van der Waals surface area contributed by atoms with E-state index in [1.807, 2.05) is 6.07 Å². The standard InChI is InChI=1S/C18H15BrN4O3S2/c1-9(24)20-11-4-5-13-15(8-11)28-18(21-13)23-17(27)22-16(25)12-7-10(19)3-6-14(12)26-2/h3-8H,1-2H3,(H,20,24)(H2,21,22,23,25,27). The average Bonchev–Trinajstić information content (AvgIpc) is 3.02. The van der Waals surface area contributed by atoms with E-state index in [0.29, 0.717) is 22.1 Å². The number of anilines is 2. The summed E-state index contributed by atoms with van der Waals surface area (Å²) in [5.74, 6) is -0.104. The van der Waals surface area contributed by atoms with E-state index in [9.17, 15) is 9.59 Å². The van der Waals surface area contributed by atoms with Crippen LogP contribution >= 0.6 is 39.5 Å². The normalized spacial score (nSPS) is 10.4. The molecule has 0 aliphatic heterocycles. The maximum absolute atomic E-state index is 12.5. The second-order valence-electron chi connectivity index (χ2n) is 5.64. The highest BCUT2D eigenvalue weighted by Gasteiger charge is 2.15. The minimum absolute atomic E-state index is 0.119. The Labute approximate surface area is 178 Å². The number of methoxy groups -OCH3 is 1. The Hall–Kier alpha value is -2.56. The van der Waals surface area contributed by atoms with Crippen LogP contribution in [0, 0.1) is 0 Å². The van der Waals surface area contributed by atoms with Crippen molar-refractivity contribution in [3.8, 4) is 5.75 Å². The Balaban J connectivity index is 1.71. The van der Waals surface area contributed by atoms with E-state index in [-0.39, 0.29) is 11.0 Å². The van der Waals surface area contributed by atoms with Crippen molar-refractivity contribution in [2.45, 2.75) is 6.92 Å². The molecule has 0 radical (unpaired) electrons. The first-order chi connectivity index (χ1) is 13.4. The summed E-state index contributed by atoms with van der Waals surface area (Å²) in [6, 6.07) is 10.5. The molecule has 144 valence electrons. The van der Waals surface area contributed by atoms with Crippen LogP contribution in [0.15, 0.2) is 40.9 Å². The van der Waals surface area contributed by atoms with Gasteiger partial charge in [-0.1, -0.05) is 27.3 Å². The number of thiocarbonyl (C=S) groups is 1. The maximum Gasteiger partial charge on any atom is 0.261 e. The Bertz CT molecular complexity index is 1080. The topological polar surface area (TPSA) is 92.3 Å². The van der Waals surface area contributed by atoms with Crippen LogP contribution < -0.4 is 20.7 Å². The Morgan fingerprint density at radius 2 is 1.96 bits per heavy atom. The van der Waals surface area contributed by atoms with Crippen LogP contribution in [-0.2, 0) is 4.79 Å². The van der Waals surface area contributed by atoms with Gasteiger partial charge in [-0.3, -0.25) is 14.9 Å². The molecule has 0 atom stereocenters. The predicted octanol–water partition coefficient (Wildman–Crippen LogP) is 4.15. The summed E-state index contributed by atoms with van der Waals surface area (Å²) >= 11 is 9.92. The number of nitrogens with one attached hydrogen (secondary N) is 3. The first-order valence-corrected chi connectivity index (χ1v) is 10.0. The zero-order chi connectivity index (χ0) is 20.3. The minimum atomic E-state index is -0.398. The van der Waals surface area contributed by atoms with Crippen LogP contribution in [0.2, 0.25) is 0 Å². The van der Waals surface area contributed by atoms with Crippen molar-refractivity contribution in [1.29, 1.82) is 0 Å². The van der Waals surface area contributed by atoms with Gasteiger partial charge < -0.3 is 15.4 Å². The highest BCUT2D eigenvalue weighted by atomic mass is 79.9. The highest BCUT2D eigenvalue weighted by Crippen LogP contribution is 2.28. The third-order valence-corrected chi connectivity index (χ3v) is 5.19. The van der Waals surface area contributed by atoms with Crippen LogP contribution in [-0.4, -0.2) is 29.0 Å². The molecular weight excluding hydrogens is 464 g/mol. The van der Waals surface area contributed by atoms with Gasteiger partial charge in [-0.05, 0) is 48.6 Å². The maximum atomic E-state index is 12.5. The van der Waals surface area contributed by atoms with Gasteiger partial charge in [0.05, 0.1) is 22.9 Å². The van der Waals surface area contributed by atoms with E-state index in [0.717, 1.165) is 14.7 Å². The molecule has 1 aromatic heterocycles. The van der Waals surface area contributed by atoms with Gasteiger partial charge in [-0.25, -0.2) is 4.98 Å². The molecule has 3 N–H and O–H groups in total. The van der Waals surface area contributed by atoms with E-state index in [4.69, 9.17) is 17.0 Å². The summed E-state index contributed by atoms with van der Waals surface area (Å²) < 4.78 is 6.83. The molecular formula is C18H15BrN4O3S2. The molecule has 0 aliphatic carbocycles. The van der Waals surface area contributed by atoms with Crippen molar-refractivity contribution in [1.82, 2.24) is 10.3 Å². The van der Waals surface area contributed by atoms with Crippen LogP contribution in [0.1, 0.15) is 17.3 Å². The fraction of sp³-hybridized carbons (Fsp3) is 0.111. The van der Waals surface area contributed by atoms with E-state index in [2.05, 4.69) is 36.9 Å². The molecule has 0 fully saturated rings. The monoisotopic (exact) mass is 478 g/mol. The van der Waals surface area contributed by atoms with Crippen LogP contribution in [0.25, 0.3) is 10.2 Å². The summed E-state index contributed by atoms with van der Waals surface area (Å²) in [5, 5.41) is 8.91. The second kappa shape index (κ2) is 8.63. The van der Waals surface area contributed by atoms with Gasteiger partial charge in [0.1, 0.15) is 5.75 Å². The van der Waals surface area contributed by atoms with E-state index in [1.54, 1.807) is 30.3 Å². The molecule has 1 heterocycles. The molecule has 0 saturated heterocycles. The second-order valence-corrected chi connectivity index (χ2v) is 7.99. The molecule has 7 nitrogen and oxygen atoms in total. The number of carbonyl (C=O) groups excluding carboxylic acids is 2. The quantitative estimate of drug-likeness (QED) is 0.487. The third kappa shape index (κ3) is 4.83. The van der Waals surface area contributed by atoms with Gasteiger partial charge in [0, 0.05) is 17.1 Å². The molecule has 0 spiro atoms. The predicted molar refractivity (Wildman–Crippen MR) is 118 cm³/mol. The van der Waals surface area contributed by atoms with Gasteiger partial charge in [0.25, 0.3) is 5.91 Å². The summed E-state index contributed by atoms with van der Waals surface area (Å²) in [4.78, 5) is 28.1. The van der Waals surface area contributed by atoms with Gasteiger partial charge in [-0.15, -0.1) is 0 Å². The molecule has 0 saturated carbocycles. The van der Waals surface area contributed by atoms with Crippen molar-refractivity contribution in [2.24, 2.45) is 0 Å². The van der Waals surface area contributed by atoms with Crippen molar-refractivity contribution < 1.29 is 14.3 Å². The number of nitrogens with zero attached hydrogens (tertiary/aromatic N) is 1. The lowest BCUT2D eigenvalue weighted by molar-refractivity contribution is -0.114. The number of hydrogen-bond acceptors (Lipinski definition) is 6. The number of aromatic nitrogens is 1. The molecule has 3 rings (SSSR count). The van der Waals surface area contributed by atoms with Crippen LogP contribution in [0.4, 0.5) is 10.8 Å².